The summed E-state index contributed by atoms with van der Waals surface area (Å²) in [4.78, 5) is 20.0. The molecule has 0 bridgehead atoms. The van der Waals surface area contributed by atoms with Gasteiger partial charge in [0.1, 0.15) is 5.69 Å². The summed E-state index contributed by atoms with van der Waals surface area (Å²) in [5, 5.41) is 5.87. The molecule has 1 amide bonds. The van der Waals surface area contributed by atoms with Crippen molar-refractivity contribution < 1.29 is 4.79 Å². The minimum absolute atomic E-state index is 0.207. The van der Waals surface area contributed by atoms with E-state index in [1.807, 2.05) is 24.3 Å². The lowest BCUT2D eigenvalue weighted by molar-refractivity contribution is 0.0953. The largest absolute Gasteiger partial charge is 0.378 e. The standard InChI is InChI=1S/C15H16N4O/c1-2-8-17-15(20)14-7-6-13(11-19-14)18-10-12-5-3-4-9-16-12/h2-7,9,11,18H,1,8,10H2,(H,17,20). The molecule has 0 aliphatic heterocycles. The number of carbonyl (C=O) groups is 1. The minimum atomic E-state index is -0.207. The molecule has 0 atom stereocenters. The molecular weight excluding hydrogens is 252 g/mol. The molecule has 20 heavy (non-hydrogen) atoms. The zero-order valence-electron chi connectivity index (χ0n) is 11.0. The number of amides is 1. The van der Waals surface area contributed by atoms with E-state index in [9.17, 15) is 4.79 Å². The molecule has 0 fully saturated rings. The van der Waals surface area contributed by atoms with Gasteiger partial charge in [0, 0.05) is 12.7 Å². The van der Waals surface area contributed by atoms with E-state index in [1.54, 1.807) is 24.5 Å². The first-order valence-electron chi connectivity index (χ1n) is 6.28. The normalized spacial score (nSPS) is 9.80. The zero-order valence-corrected chi connectivity index (χ0v) is 11.0. The van der Waals surface area contributed by atoms with Gasteiger partial charge in [-0.25, -0.2) is 4.98 Å². The summed E-state index contributed by atoms with van der Waals surface area (Å²) >= 11 is 0. The lowest BCUT2D eigenvalue weighted by atomic mass is 10.3. The van der Waals surface area contributed by atoms with Crippen LogP contribution in [0.4, 0.5) is 5.69 Å². The van der Waals surface area contributed by atoms with Gasteiger partial charge in [-0.05, 0) is 24.3 Å². The lowest BCUT2D eigenvalue weighted by Crippen LogP contribution is -2.24. The van der Waals surface area contributed by atoms with E-state index in [1.165, 1.54) is 0 Å². The van der Waals surface area contributed by atoms with Crippen molar-refractivity contribution in [2.24, 2.45) is 0 Å². The molecule has 0 aliphatic carbocycles. The van der Waals surface area contributed by atoms with Gasteiger partial charge >= 0.3 is 0 Å². The summed E-state index contributed by atoms with van der Waals surface area (Å²) in [6, 6.07) is 9.26. The number of hydrogen-bond acceptors (Lipinski definition) is 4. The van der Waals surface area contributed by atoms with Crippen LogP contribution in [0.2, 0.25) is 0 Å². The molecule has 0 aromatic carbocycles. The van der Waals surface area contributed by atoms with Gasteiger partial charge in [0.25, 0.3) is 5.91 Å². The number of hydrogen-bond donors (Lipinski definition) is 2. The second kappa shape index (κ2) is 7.04. The van der Waals surface area contributed by atoms with Crippen molar-refractivity contribution in [2.45, 2.75) is 6.54 Å². The summed E-state index contributed by atoms with van der Waals surface area (Å²) in [6.07, 6.45) is 5.01. The second-order valence-electron chi connectivity index (χ2n) is 4.11. The summed E-state index contributed by atoms with van der Waals surface area (Å²) < 4.78 is 0. The Labute approximate surface area is 117 Å². The Balaban J connectivity index is 1.91. The van der Waals surface area contributed by atoms with Crippen LogP contribution in [-0.4, -0.2) is 22.4 Å². The summed E-state index contributed by atoms with van der Waals surface area (Å²) in [6.45, 7) is 4.59. The Hall–Kier alpha value is -2.69. The summed E-state index contributed by atoms with van der Waals surface area (Å²) in [5.74, 6) is -0.207. The highest BCUT2D eigenvalue weighted by atomic mass is 16.1. The fourth-order valence-corrected chi connectivity index (χ4v) is 1.58. The second-order valence-corrected chi connectivity index (χ2v) is 4.11. The van der Waals surface area contributed by atoms with E-state index in [4.69, 9.17) is 0 Å². The molecule has 5 nitrogen and oxygen atoms in total. The molecule has 0 radical (unpaired) electrons. The number of anilines is 1. The molecular formula is C15H16N4O. The van der Waals surface area contributed by atoms with E-state index in [-0.39, 0.29) is 5.91 Å². The van der Waals surface area contributed by atoms with Crippen molar-refractivity contribution in [2.75, 3.05) is 11.9 Å². The van der Waals surface area contributed by atoms with Crippen LogP contribution in [0.5, 0.6) is 0 Å². The fourth-order valence-electron chi connectivity index (χ4n) is 1.58. The Morgan fingerprint density at radius 3 is 2.80 bits per heavy atom. The van der Waals surface area contributed by atoms with Crippen LogP contribution in [0.1, 0.15) is 16.2 Å². The van der Waals surface area contributed by atoms with Crippen LogP contribution in [0.3, 0.4) is 0 Å². The third kappa shape index (κ3) is 3.91. The molecule has 0 unspecified atom stereocenters. The molecule has 0 saturated heterocycles. The maximum absolute atomic E-state index is 11.6. The third-order valence-electron chi connectivity index (χ3n) is 2.60. The maximum atomic E-state index is 11.6. The molecule has 0 spiro atoms. The van der Waals surface area contributed by atoms with Gasteiger partial charge in [-0.1, -0.05) is 12.1 Å². The Bertz CT molecular complexity index is 566. The molecule has 2 aromatic rings. The van der Waals surface area contributed by atoms with Crippen LogP contribution in [0.25, 0.3) is 0 Å². The third-order valence-corrected chi connectivity index (χ3v) is 2.60. The van der Waals surface area contributed by atoms with Gasteiger partial charge in [0.05, 0.1) is 24.1 Å². The average molecular weight is 268 g/mol. The molecule has 0 saturated carbocycles. The molecule has 2 rings (SSSR count). The van der Waals surface area contributed by atoms with Crippen molar-refractivity contribution >= 4 is 11.6 Å². The Morgan fingerprint density at radius 2 is 2.15 bits per heavy atom. The predicted octanol–water partition coefficient (Wildman–Crippen LogP) is 2.00. The Morgan fingerprint density at radius 1 is 1.25 bits per heavy atom. The van der Waals surface area contributed by atoms with Crippen LogP contribution in [-0.2, 0) is 6.54 Å². The Kier molecular flexibility index (Phi) is 4.83. The van der Waals surface area contributed by atoms with E-state index in [2.05, 4.69) is 27.2 Å². The van der Waals surface area contributed by atoms with Crippen molar-refractivity contribution in [1.82, 2.24) is 15.3 Å². The number of pyridine rings is 2. The van der Waals surface area contributed by atoms with Gasteiger partial charge in [-0.2, -0.15) is 0 Å². The van der Waals surface area contributed by atoms with Gasteiger partial charge in [-0.3, -0.25) is 9.78 Å². The predicted molar refractivity (Wildman–Crippen MR) is 78.3 cm³/mol. The van der Waals surface area contributed by atoms with Gasteiger partial charge in [0.2, 0.25) is 0 Å². The van der Waals surface area contributed by atoms with E-state index < -0.39 is 0 Å². The van der Waals surface area contributed by atoms with Crippen molar-refractivity contribution in [3.63, 3.8) is 0 Å². The number of rotatable bonds is 6. The van der Waals surface area contributed by atoms with Gasteiger partial charge in [-0.15, -0.1) is 6.58 Å². The smallest absolute Gasteiger partial charge is 0.270 e. The monoisotopic (exact) mass is 268 g/mol. The van der Waals surface area contributed by atoms with Crippen LogP contribution >= 0.6 is 0 Å². The lowest BCUT2D eigenvalue weighted by Gasteiger charge is -2.06. The first-order chi connectivity index (χ1) is 9.79. The SMILES string of the molecule is C=CCNC(=O)c1ccc(NCc2ccccn2)cn1. The number of nitrogens with zero attached hydrogens (tertiary/aromatic N) is 2. The van der Waals surface area contributed by atoms with Crippen molar-refractivity contribution in [3.8, 4) is 0 Å². The van der Waals surface area contributed by atoms with E-state index in [0.717, 1.165) is 11.4 Å². The van der Waals surface area contributed by atoms with Crippen LogP contribution in [0, 0.1) is 0 Å². The minimum Gasteiger partial charge on any atom is -0.378 e. The molecule has 0 aliphatic rings. The van der Waals surface area contributed by atoms with Crippen molar-refractivity contribution in [1.29, 1.82) is 0 Å². The first kappa shape index (κ1) is 13.7. The van der Waals surface area contributed by atoms with Crippen LogP contribution < -0.4 is 10.6 Å². The zero-order chi connectivity index (χ0) is 14.2. The highest BCUT2D eigenvalue weighted by Gasteiger charge is 2.05. The first-order valence-corrected chi connectivity index (χ1v) is 6.28. The number of carbonyl (C=O) groups excluding carboxylic acids is 1. The molecule has 2 heterocycles. The van der Waals surface area contributed by atoms with Crippen molar-refractivity contribution in [3.05, 3.63) is 66.8 Å². The molecule has 2 N–H and O–H groups in total. The summed E-state index contributed by atoms with van der Waals surface area (Å²) in [5.41, 5.74) is 2.17. The highest BCUT2D eigenvalue weighted by Crippen LogP contribution is 2.07. The summed E-state index contributed by atoms with van der Waals surface area (Å²) in [7, 11) is 0. The fraction of sp³-hybridized carbons (Fsp3) is 0.133. The topological polar surface area (TPSA) is 66.9 Å². The molecule has 2 aromatic heterocycles. The molecule has 102 valence electrons. The number of aromatic nitrogens is 2. The quantitative estimate of drug-likeness (QED) is 0.786. The average Bonchev–Trinajstić information content (AvgIpc) is 2.52. The molecule has 5 heteroatoms. The number of nitrogens with one attached hydrogen (secondary N) is 2. The van der Waals surface area contributed by atoms with Crippen LogP contribution in [0.15, 0.2) is 55.4 Å². The van der Waals surface area contributed by atoms with Gasteiger partial charge in [0.15, 0.2) is 0 Å². The highest BCUT2D eigenvalue weighted by molar-refractivity contribution is 5.92. The van der Waals surface area contributed by atoms with Gasteiger partial charge < -0.3 is 10.6 Å². The maximum Gasteiger partial charge on any atom is 0.270 e. The van der Waals surface area contributed by atoms with E-state index in [0.29, 0.717) is 18.8 Å². The van der Waals surface area contributed by atoms with E-state index >= 15 is 0 Å².